The van der Waals surface area contributed by atoms with E-state index in [0.29, 0.717) is 24.3 Å². The van der Waals surface area contributed by atoms with E-state index in [0.717, 1.165) is 0 Å². The van der Waals surface area contributed by atoms with Crippen LogP contribution in [0.4, 0.5) is 52.7 Å². The van der Waals surface area contributed by atoms with Gasteiger partial charge in [-0.05, 0) is 24.3 Å². The average molecular weight is 796 g/mol. The Morgan fingerprint density at radius 2 is 0.542 bits per heavy atom. The predicted octanol–water partition coefficient (Wildman–Crippen LogP) is 4.29. The fourth-order valence-electron chi connectivity index (χ4n) is 3.49. The van der Waals surface area contributed by atoms with Gasteiger partial charge in [0.1, 0.15) is 0 Å². The topological polar surface area (TPSA) is 199 Å². The van der Waals surface area contributed by atoms with Crippen LogP contribution in [-0.2, 0) is 40.5 Å². The zero-order valence-electron chi connectivity index (χ0n) is 21.3. The Morgan fingerprint density at radius 1 is 0.375 bits per heavy atom. The first-order valence-corrected chi connectivity index (χ1v) is 16.5. The van der Waals surface area contributed by atoms with Crippen molar-refractivity contribution in [3.05, 3.63) is 24.3 Å². The van der Waals surface area contributed by atoms with E-state index in [2.05, 4.69) is 26.7 Å². The van der Waals surface area contributed by atoms with Gasteiger partial charge in [-0.25, -0.2) is 0 Å². The highest BCUT2D eigenvalue weighted by molar-refractivity contribution is 7.88. The molecule has 0 radical (unpaired) electrons. The lowest BCUT2D eigenvalue weighted by Crippen LogP contribution is -2.30. The van der Waals surface area contributed by atoms with Crippen molar-refractivity contribution < 1.29 is 103 Å². The van der Waals surface area contributed by atoms with Gasteiger partial charge in [0.05, 0.1) is 0 Å². The number of pyridine rings is 2. The Labute approximate surface area is 255 Å². The summed E-state index contributed by atoms with van der Waals surface area (Å²) >= 11 is 0. The predicted molar refractivity (Wildman–Crippen MR) is 128 cm³/mol. The molecule has 0 saturated heterocycles. The number of alkyl halides is 12. The van der Waals surface area contributed by atoms with Crippen molar-refractivity contribution in [2.24, 2.45) is 0 Å². The van der Waals surface area contributed by atoms with E-state index in [1.165, 1.54) is 0 Å². The van der Waals surface area contributed by atoms with Crippen molar-refractivity contribution in [2.75, 3.05) is 0 Å². The molecular formula is C18H4F12N2O12S4. The molecule has 0 unspecified atom stereocenters. The molecule has 14 nitrogen and oxygen atoms in total. The maximum atomic E-state index is 13.1. The molecule has 2 aromatic carbocycles. The number of benzene rings is 2. The van der Waals surface area contributed by atoms with Crippen LogP contribution in [0.25, 0.3) is 32.3 Å². The Hall–Kier alpha value is -4.06. The maximum Gasteiger partial charge on any atom is 0.534 e. The summed E-state index contributed by atoms with van der Waals surface area (Å²) in [5.74, 6) is -7.97. The fourth-order valence-corrected chi connectivity index (χ4v) is 5.21. The monoisotopic (exact) mass is 796 g/mol. The summed E-state index contributed by atoms with van der Waals surface area (Å²) in [6.45, 7) is 0. The van der Waals surface area contributed by atoms with Gasteiger partial charge in [0.2, 0.25) is 23.5 Å². The third-order valence-corrected chi connectivity index (χ3v) is 9.15. The standard InChI is InChI=1S/C18H4F12N2O12S4/c19-15(20,21)45(33,34)41-11-5-1-2-6-10-8(4-3-7(9(5)10)13(31-11)43-47(37,38)17(25,26)27)14(44-48(39,40)18(28,29)30)32-12(6)42-46(35,36)16(22,23)24/h1-4H. The maximum absolute atomic E-state index is 13.1. The molecule has 30 heteroatoms. The van der Waals surface area contributed by atoms with Crippen LogP contribution in [0.3, 0.4) is 0 Å². The molecule has 2 aromatic heterocycles. The zero-order chi connectivity index (χ0) is 36.8. The zero-order valence-corrected chi connectivity index (χ0v) is 24.5. The third-order valence-electron chi connectivity index (χ3n) is 5.38. The van der Waals surface area contributed by atoms with Gasteiger partial charge >= 0.3 is 62.5 Å². The van der Waals surface area contributed by atoms with Gasteiger partial charge in [-0.2, -0.15) is 96.3 Å². The van der Waals surface area contributed by atoms with Gasteiger partial charge in [-0.1, -0.05) is 0 Å². The molecular weight excluding hydrogens is 792 g/mol. The second-order valence-electron chi connectivity index (χ2n) is 8.45. The van der Waals surface area contributed by atoms with E-state index in [-0.39, 0.29) is 0 Å². The summed E-state index contributed by atoms with van der Waals surface area (Å²) in [5, 5.41) is -7.18. The molecule has 266 valence electrons. The second-order valence-corrected chi connectivity index (χ2v) is 14.6. The normalized spacial score (nSPS) is 14.5. The third kappa shape index (κ3) is 6.26. The fraction of sp³-hybridized carbons (Fsp3) is 0.222. The molecule has 0 N–H and O–H groups in total. The van der Waals surface area contributed by atoms with Crippen LogP contribution >= 0.6 is 0 Å². The minimum Gasteiger partial charge on any atom is -0.354 e. The van der Waals surface area contributed by atoms with Gasteiger partial charge in [0.25, 0.3) is 0 Å². The minimum atomic E-state index is -6.86. The highest BCUT2D eigenvalue weighted by Gasteiger charge is 2.52. The van der Waals surface area contributed by atoms with Gasteiger partial charge in [-0.3, -0.25) is 0 Å². The number of nitrogens with zero attached hydrogens (tertiary/aromatic N) is 2. The smallest absolute Gasteiger partial charge is 0.354 e. The summed E-state index contributed by atoms with van der Waals surface area (Å²) in [6.07, 6.45) is 0. The first-order valence-electron chi connectivity index (χ1n) is 10.9. The summed E-state index contributed by atoms with van der Waals surface area (Å²) in [6, 6.07) is 1.29. The average Bonchev–Trinajstić information content (AvgIpc) is 2.86. The van der Waals surface area contributed by atoms with E-state index in [1.807, 2.05) is 0 Å². The van der Waals surface area contributed by atoms with Crippen LogP contribution in [0.2, 0.25) is 0 Å². The minimum absolute atomic E-state index is 0.322. The quantitative estimate of drug-likeness (QED) is 0.106. The molecule has 4 rings (SSSR count). The SMILES string of the molecule is O=S(=O)(Oc1nc(OS(=O)(=O)C(F)(F)F)c2ccc3c(OS(=O)(=O)C(F)(F)F)nc(OS(=O)(=O)C(F)(F)F)c4ccc1c2c43)C(F)(F)F. The molecule has 48 heavy (non-hydrogen) atoms. The van der Waals surface area contributed by atoms with Crippen molar-refractivity contribution in [1.29, 1.82) is 0 Å². The highest BCUT2D eigenvalue weighted by atomic mass is 32.2. The van der Waals surface area contributed by atoms with Gasteiger partial charge in [0, 0.05) is 32.3 Å². The first kappa shape index (κ1) is 36.8. The molecule has 0 aliphatic rings. The van der Waals surface area contributed by atoms with Crippen molar-refractivity contribution in [2.45, 2.75) is 22.0 Å². The lowest BCUT2D eigenvalue weighted by atomic mass is 9.96. The van der Waals surface area contributed by atoms with Crippen molar-refractivity contribution in [3.8, 4) is 23.5 Å². The van der Waals surface area contributed by atoms with Crippen LogP contribution in [0.5, 0.6) is 23.5 Å². The van der Waals surface area contributed by atoms with E-state index in [4.69, 9.17) is 0 Å². The number of hydrogen-bond acceptors (Lipinski definition) is 14. The summed E-state index contributed by atoms with van der Waals surface area (Å²) in [5.41, 5.74) is -25.3. The molecule has 0 atom stereocenters. The van der Waals surface area contributed by atoms with E-state index in [9.17, 15) is 86.4 Å². The van der Waals surface area contributed by atoms with E-state index < -0.39 is 118 Å². The van der Waals surface area contributed by atoms with E-state index in [1.54, 1.807) is 0 Å². The lowest BCUT2D eigenvalue weighted by Gasteiger charge is -2.19. The van der Waals surface area contributed by atoms with Crippen LogP contribution in [-0.4, -0.2) is 65.7 Å². The largest absolute Gasteiger partial charge is 0.534 e. The lowest BCUT2D eigenvalue weighted by molar-refractivity contribution is -0.0509. The molecule has 4 aromatic rings. The number of rotatable bonds is 8. The second kappa shape index (κ2) is 10.7. The molecule has 0 saturated carbocycles. The van der Waals surface area contributed by atoms with Crippen LogP contribution in [0.15, 0.2) is 24.3 Å². The molecule has 0 spiro atoms. The van der Waals surface area contributed by atoms with Crippen molar-refractivity contribution in [1.82, 2.24) is 9.97 Å². The summed E-state index contributed by atoms with van der Waals surface area (Å²) < 4.78 is 266. The molecule has 0 fully saturated rings. The Morgan fingerprint density at radius 3 is 0.688 bits per heavy atom. The van der Waals surface area contributed by atoms with E-state index >= 15 is 0 Å². The summed E-state index contributed by atoms with van der Waals surface area (Å²) in [7, 11) is -27.5. The van der Waals surface area contributed by atoms with Gasteiger partial charge in [0.15, 0.2) is 0 Å². The van der Waals surface area contributed by atoms with Crippen LogP contribution < -0.4 is 16.7 Å². The number of halogens is 12. The van der Waals surface area contributed by atoms with Crippen molar-refractivity contribution >= 4 is 72.8 Å². The van der Waals surface area contributed by atoms with Crippen molar-refractivity contribution in [3.63, 3.8) is 0 Å². The van der Waals surface area contributed by atoms with Crippen LogP contribution in [0, 0.1) is 0 Å². The number of hydrogen-bond donors (Lipinski definition) is 0. The van der Waals surface area contributed by atoms with Gasteiger partial charge < -0.3 is 16.7 Å². The number of aromatic nitrogens is 2. The first-order chi connectivity index (χ1) is 21.3. The Balaban J connectivity index is 2.25. The molecule has 0 aliphatic heterocycles. The Bertz CT molecular complexity index is 2080. The molecule has 0 bridgehead atoms. The molecule has 0 aliphatic carbocycles. The molecule has 0 amide bonds. The molecule has 2 heterocycles. The summed E-state index contributed by atoms with van der Waals surface area (Å²) in [4.78, 5) is 5.82. The Kier molecular flexibility index (Phi) is 8.21. The van der Waals surface area contributed by atoms with Crippen LogP contribution in [0.1, 0.15) is 0 Å². The highest BCUT2D eigenvalue weighted by Crippen LogP contribution is 2.48. The van der Waals surface area contributed by atoms with Gasteiger partial charge in [-0.15, -0.1) is 0 Å².